The van der Waals surface area contributed by atoms with Crippen molar-refractivity contribution in [3.05, 3.63) is 12.2 Å². The number of esters is 1. The van der Waals surface area contributed by atoms with Crippen LogP contribution in [0.5, 0.6) is 0 Å². The summed E-state index contributed by atoms with van der Waals surface area (Å²) in [6.07, 6.45) is 3.75. The van der Waals surface area contributed by atoms with Crippen molar-refractivity contribution in [1.82, 2.24) is 0 Å². The molecule has 6 bridgehead atoms. The highest BCUT2D eigenvalue weighted by Gasteiger charge is 2.80. The van der Waals surface area contributed by atoms with Crippen molar-refractivity contribution in [1.29, 1.82) is 0 Å². The third-order valence-electron chi connectivity index (χ3n) is 12.3. The number of fused-ring (bicyclic) bond motifs is 5. The molecule has 6 saturated heterocycles. The van der Waals surface area contributed by atoms with E-state index in [1.165, 1.54) is 6.08 Å². The van der Waals surface area contributed by atoms with Crippen LogP contribution < -0.4 is 0 Å². The number of hydrogen-bond donors (Lipinski definition) is 2. The van der Waals surface area contributed by atoms with Crippen molar-refractivity contribution in [2.75, 3.05) is 19.8 Å². The zero-order valence-corrected chi connectivity index (χ0v) is 22.4. The summed E-state index contributed by atoms with van der Waals surface area (Å²) in [7, 11) is 0. The SMILES string of the molecule is C[C@@H]1C[C@H]2OC(=O)[C@@]1(C)CO[C@]13O[C@@]4(CC1=O)[C@@H]2COC[C@@]31CC[C@@]2(O)CC=CC(=O)[C@]2(C)[C@@H]1CC[C@@H]4O. The molecule has 2 N–H and O–H groups in total. The van der Waals surface area contributed by atoms with Gasteiger partial charge in [-0.25, -0.2) is 0 Å². The Morgan fingerprint density at radius 2 is 1.87 bits per heavy atom. The number of carbonyl (C=O) groups is 3. The van der Waals surface area contributed by atoms with E-state index in [0.29, 0.717) is 25.7 Å². The average Bonchev–Trinajstić information content (AvgIpc) is 3.19. The first kappa shape index (κ1) is 25.3. The first-order chi connectivity index (χ1) is 17.9. The molecule has 8 rings (SSSR count). The minimum absolute atomic E-state index is 0.0787. The number of rotatable bonds is 0. The normalized spacial score (nSPS) is 57.4. The zero-order valence-electron chi connectivity index (χ0n) is 22.4. The van der Waals surface area contributed by atoms with Gasteiger partial charge >= 0.3 is 5.97 Å². The Labute approximate surface area is 222 Å². The summed E-state index contributed by atoms with van der Waals surface area (Å²) in [6.45, 7) is 5.78. The molecule has 6 heterocycles. The fourth-order valence-electron chi connectivity index (χ4n) is 9.55. The van der Waals surface area contributed by atoms with E-state index in [-0.39, 0.29) is 62.5 Å². The molecule has 6 aliphatic heterocycles. The lowest BCUT2D eigenvalue weighted by Crippen LogP contribution is -2.75. The van der Waals surface area contributed by atoms with Crippen LogP contribution >= 0.6 is 0 Å². The van der Waals surface area contributed by atoms with Gasteiger partial charge in [0.25, 0.3) is 0 Å². The van der Waals surface area contributed by atoms with E-state index in [4.69, 9.17) is 18.9 Å². The van der Waals surface area contributed by atoms with Gasteiger partial charge in [-0.1, -0.05) is 13.0 Å². The Bertz CT molecular complexity index is 1150. The Hall–Kier alpha value is -1.65. The predicted octanol–water partition coefficient (Wildman–Crippen LogP) is 1.86. The topological polar surface area (TPSA) is 129 Å². The monoisotopic (exact) mass is 530 g/mol. The van der Waals surface area contributed by atoms with Gasteiger partial charge in [-0.2, -0.15) is 0 Å². The predicted molar refractivity (Wildman–Crippen MR) is 130 cm³/mol. The molecule has 0 aromatic rings. The van der Waals surface area contributed by atoms with Crippen LogP contribution in [0.15, 0.2) is 12.2 Å². The van der Waals surface area contributed by atoms with Crippen LogP contribution in [-0.4, -0.2) is 76.8 Å². The van der Waals surface area contributed by atoms with Gasteiger partial charge in [0.2, 0.25) is 5.79 Å². The highest BCUT2D eigenvalue weighted by molar-refractivity contribution is 5.98. The second kappa shape index (κ2) is 7.55. The van der Waals surface area contributed by atoms with Gasteiger partial charge < -0.3 is 29.2 Å². The minimum Gasteiger partial charge on any atom is -0.461 e. The molecule has 1 spiro atoms. The van der Waals surface area contributed by atoms with Crippen LogP contribution in [0.1, 0.15) is 65.7 Å². The second-order valence-corrected chi connectivity index (χ2v) is 13.7. The molecule has 2 aliphatic carbocycles. The van der Waals surface area contributed by atoms with Crippen molar-refractivity contribution >= 4 is 17.5 Å². The Morgan fingerprint density at radius 3 is 2.63 bits per heavy atom. The van der Waals surface area contributed by atoms with Crippen LogP contribution in [0.4, 0.5) is 0 Å². The number of Topliss-reactive ketones (excluding diaryl/α,β-unsaturated/α-hetero) is 1. The molecule has 0 aromatic carbocycles. The van der Waals surface area contributed by atoms with Crippen LogP contribution in [0, 0.1) is 34.0 Å². The first-order valence-electron chi connectivity index (χ1n) is 14.2. The van der Waals surface area contributed by atoms with Crippen molar-refractivity contribution in [2.45, 2.75) is 94.9 Å². The van der Waals surface area contributed by atoms with E-state index in [1.54, 1.807) is 13.0 Å². The van der Waals surface area contributed by atoms with E-state index in [1.807, 2.05) is 13.8 Å². The maximum Gasteiger partial charge on any atom is 0.314 e. The van der Waals surface area contributed by atoms with E-state index in [2.05, 4.69) is 0 Å². The minimum atomic E-state index is -1.82. The summed E-state index contributed by atoms with van der Waals surface area (Å²) in [5.74, 6) is -3.87. The van der Waals surface area contributed by atoms with Crippen LogP contribution in [0.3, 0.4) is 0 Å². The maximum atomic E-state index is 14.5. The number of ketones is 2. The molecule has 38 heavy (non-hydrogen) atoms. The third kappa shape index (κ3) is 2.64. The molecule has 0 amide bonds. The highest BCUT2D eigenvalue weighted by atomic mass is 16.7. The summed E-state index contributed by atoms with van der Waals surface area (Å²) in [5.41, 5.74) is -5.92. The summed E-state index contributed by atoms with van der Waals surface area (Å²) < 4.78 is 26.1. The summed E-state index contributed by atoms with van der Waals surface area (Å²) in [6, 6.07) is 0. The Morgan fingerprint density at radius 1 is 1.08 bits per heavy atom. The fourth-order valence-corrected chi connectivity index (χ4v) is 9.55. The molecule has 11 atom stereocenters. The standard InChI is InChI=1S/C29H38O9/c1-16-11-18-17-13-35-15-26-9-10-27(34)8-4-5-20(30)25(27,3)19(26)6-7-21(31)28(17)12-22(32)29(26,38-28)36-14-24(16,2)23(33)37-18/h4-5,16-19,21,31,34H,6-15H2,1-3H3/t16-,17-,18-,19+,21+,24+,25+,26-,27+,28+,29+/m1/s1. The van der Waals surface area contributed by atoms with Crippen molar-refractivity contribution in [3.63, 3.8) is 0 Å². The van der Waals surface area contributed by atoms with Gasteiger partial charge in [0.1, 0.15) is 11.7 Å². The molecule has 1 saturated carbocycles. The number of aliphatic hydroxyl groups is 2. The number of carbonyl (C=O) groups excluding carboxylic acids is 3. The molecule has 0 aromatic heterocycles. The first-order valence-corrected chi connectivity index (χ1v) is 14.2. The largest absolute Gasteiger partial charge is 0.461 e. The lowest BCUT2D eigenvalue weighted by atomic mass is 9.43. The maximum absolute atomic E-state index is 14.5. The Kier molecular flexibility index (Phi) is 5.03. The van der Waals surface area contributed by atoms with Crippen LogP contribution in [-0.2, 0) is 33.3 Å². The zero-order chi connectivity index (χ0) is 26.9. The quantitative estimate of drug-likeness (QED) is 0.451. The smallest absolute Gasteiger partial charge is 0.314 e. The van der Waals surface area contributed by atoms with Crippen molar-refractivity contribution < 1.29 is 43.5 Å². The number of hydrogen-bond acceptors (Lipinski definition) is 9. The molecule has 7 fully saturated rings. The average molecular weight is 531 g/mol. The van der Waals surface area contributed by atoms with Crippen LogP contribution in [0.2, 0.25) is 0 Å². The molecule has 8 aliphatic rings. The Balaban J connectivity index is 1.49. The molecular formula is C29H38O9. The van der Waals surface area contributed by atoms with E-state index < -0.39 is 57.3 Å². The molecule has 208 valence electrons. The number of aliphatic hydroxyl groups excluding tert-OH is 1. The molecule has 9 heteroatoms. The molecular weight excluding hydrogens is 492 g/mol. The third-order valence-corrected chi connectivity index (χ3v) is 12.3. The van der Waals surface area contributed by atoms with Gasteiger partial charge in [0, 0.05) is 6.42 Å². The number of ether oxygens (including phenoxy) is 4. The van der Waals surface area contributed by atoms with Gasteiger partial charge in [-0.15, -0.1) is 0 Å². The molecule has 0 unspecified atom stereocenters. The van der Waals surface area contributed by atoms with Crippen LogP contribution in [0.25, 0.3) is 0 Å². The van der Waals surface area contributed by atoms with Gasteiger partial charge in [-0.05, 0) is 70.3 Å². The van der Waals surface area contributed by atoms with E-state index in [0.717, 1.165) is 0 Å². The number of allylic oxidation sites excluding steroid dienone is 1. The molecule has 0 radical (unpaired) electrons. The van der Waals surface area contributed by atoms with E-state index in [9.17, 15) is 24.6 Å². The lowest BCUT2D eigenvalue weighted by molar-refractivity contribution is -0.386. The van der Waals surface area contributed by atoms with Gasteiger partial charge in [0.05, 0.1) is 53.7 Å². The highest BCUT2D eigenvalue weighted by Crippen LogP contribution is 2.69. The van der Waals surface area contributed by atoms with E-state index >= 15 is 0 Å². The lowest BCUT2D eigenvalue weighted by Gasteiger charge is -2.66. The summed E-state index contributed by atoms with van der Waals surface area (Å²) in [5, 5.41) is 23.7. The molecule has 9 nitrogen and oxygen atoms in total. The van der Waals surface area contributed by atoms with Gasteiger partial charge in [-0.3, -0.25) is 14.4 Å². The fraction of sp³-hybridized carbons (Fsp3) is 0.828. The van der Waals surface area contributed by atoms with Crippen molar-refractivity contribution in [3.8, 4) is 0 Å². The summed E-state index contributed by atoms with van der Waals surface area (Å²) >= 11 is 0. The van der Waals surface area contributed by atoms with Gasteiger partial charge in [0.15, 0.2) is 11.6 Å². The second-order valence-electron chi connectivity index (χ2n) is 13.7. The van der Waals surface area contributed by atoms with Crippen molar-refractivity contribution in [2.24, 2.45) is 34.0 Å². The summed E-state index contributed by atoms with van der Waals surface area (Å²) in [4.78, 5) is 41.6.